The molecule has 1 N–H and O–H groups in total. The van der Waals surface area contributed by atoms with Gasteiger partial charge in [-0.1, -0.05) is 18.2 Å². The largest absolute Gasteiger partial charge is 0.492 e. The molecule has 2 nitrogen and oxygen atoms in total. The van der Waals surface area contributed by atoms with Gasteiger partial charge in [0.15, 0.2) is 0 Å². The molecule has 0 saturated carbocycles. The molecule has 0 aliphatic heterocycles. The van der Waals surface area contributed by atoms with Crippen molar-refractivity contribution in [3.8, 4) is 5.75 Å². The molecule has 0 bridgehead atoms. The minimum absolute atomic E-state index is 0.690. The topological polar surface area (TPSA) is 21.3 Å². The molecule has 0 aliphatic rings. The van der Waals surface area contributed by atoms with Crippen LogP contribution in [0.2, 0.25) is 0 Å². The van der Waals surface area contributed by atoms with Crippen LogP contribution in [0.25, 0.3) is 0 Å². The van der Waals surface area contributed by atoms with Crippen molar-refractivity contribution in [2.45, 2.75) is 13.5 Å². The van der Waals surface area contributed by atoms with Crippen molar-refractivity contribution in [3.05, 3.63) is 50.6 Å². The Morgan fingerprint density at radius 3 is 2.72 bits per heavy atom. The number of aryl methyl sites for hydroxylation is 1. The molecule has 0 radical (unpaired) electrons. The van der Waals surface area contributed by atoms with E-state index in [4.69, 9.17) is 4.74 Å². The lowest BCUT2D eigenvalue weighted by Crippen LogP contribution is -2.20. The molecule has 0 spiro atoms. The van der Waals surface area contributed by atoms with Gasteiger partial charge in [-0.15, -0.1) is 11.3 Å². The second-order valence-electron chi connectivity index (χ2n) is 3.96. The predicted molar refractivity (Wildman–Crippen MR) is 80.4 cm³/mol. The first kappa shape index (κ1) is 13.6. The molecule has 0 unspecified atom stereocenters. The van der Waals surface area contributed by atoms with Crippen molar-refractivity contribution < 1.29 is 4.74 Å². The third kappa shape index (κ3) is 4.12. The molecular formula is C14H16BrNOS. The van der Waals surface area contributed by atoms with Gasteiger partial charge in [-0.05, 0) is 41.1 Å². The molecule has 1 aromatic heterocycles. The van der Waals surface area contributed by atoms with E-state index in [2.05, 4.69) is 34.2 Å². The summed E-state index contributed by atoms with van der Waals surface area (Å²) in [5.74, 6) is 0.925. The normalized spacial score (nSPS) is 10.6. The zero-order chi connectivity index (χ0) is 12.8. The standard InChI is InChI=1S/C14H16BrNOS/c1-11-14(15)9-13(18-11)10-16-7-8-17-12-5-3-2-4-6-12/h2-6,9,16H,7-8,10H2,1H3. The number of para-hydroxylation sites is 1. The van der Waals surface area contributed by atoms with Gasteiger partial charge in [0.25, 0.3) is 0 Å². The number of thiophene rings is 1. The van der Waals surface area contributed by atoms with Crippen molar-refractivity contribution in [3.63, 3.8) is 0 Å². The van der Waals surface area contributed by atoms with E-state index in [0.29, 0.717) is 6.61 Å². The summed E-state index contributed by atoms with van der Waals surface area (Å²) in [7, 11) is 0. The maximum absolute atomic E-state index is 5.60. The highest BCUT2D eigenvalue weighted by atomic mass is 79.9. The lowest BCUT2D eigenvalue weighted by atomic mass is 10.3. The molecule has 2 rings (SSSR count). The molecule has 1 heterocycles. The molecular weight excluding hydrogens is 310 g/mol. The van der Waals surface area contributed by atoms with Gasteiger partial charge in [0.05, 0.1) is 0 Å². The Hall–Kier alpha value is -0.840. The first-order valence-corrected chi connectivity index (χ1v) is 7.50. The lowest BCUT2D eigenvalue weighted by molar-refractivity contribution is 0.314. The minimum atomic E-state index is 0.690. The molecule has 0 saturated heterocycles. The van der Waals surface area contributed by atoms with Gasteiger partial charge in [0.2, 0.25) is 0 Å². The van der Waals surface area contributed by atoms with Gasteiger partial charge >= 0.3 is 0 Å². The van der Waals surface area contributed by atoms with Crippen LogP contribution in [0.1, 0.15) is 9.75 Å². The van der Waals surface area contributed by atoms with E-state index >= 15 is 0 Å². The number of hydrogen-bond acceptors (Lipinski definition) is 3. The second-order valence-corrected chi connectivity index (χ2v) is 6.15. The van der Waals surface area contributed by atoms with Gasteiger partial charge in [-0.25, -0.2) is 0 Å². The Morgan fingerprint density at radius 2 is 2.06 bits per heavy atom. The van der Waals surface area contributed by atoms with Crippen LogP contribution >= 0.6 is 27.3 Å². The number of hydrogen-bond donors (Lipinski definition) is 1. The maximum Gasteiger partial charge on any atom is 0.119 e. The van der Waals surface area contributed by atoms with Crippen molar-refractivity contribution in [2.75, 3.05) is 13.2 Å². The van der Waals surface area contributed by atoms with E-state index in [1.165, 1.54) is 14.2 Å². The first-order chi connectivity index (χ1) is 8.75. The first-order valence-electron chi connectivity index (χ1n) is 5.89. The van der Waals surface area contributed by atoms with Crippen LogP contribution in [0, 0.1) is 6.92 Å². The summed E-state index contributed by atoms with van der Waals surface area (Å²) in [4.78, 5) is 2.67. The summed E-state index contributed by atoms with van der Waals surface area (Å²) >= 11 is 5.35. The molecule has 1 aromatic carbocycles. The van der Waals surface area contributed by atoms with E-state index in [0.717, 1.165) is 18.8 Å². The minimum Gasteiger partial charge on any atom is -0.492 e. The van der Waals surface area contributed by atoms with E-state index < -0.39 is 0 Å². The average Bonchev–Trinajstić information content (AvgIpc) is 2.70. The van der Waals surface area contributed by atoms with Gasteiger partial charge in [-0.2, -0.15) is 0 Å². The Kier molecular flexibility index (Phi) is 5.23. The van der Waals surface area contributed by atoms with E-state index in [1.807, 2.05) is 41.7 Å². The molecule has 4 heteroatoms. The molecule has 2 aromatic rings. The number of rotatable bonds is 6. The predicted octanol–water partition coefficient (Wildman–Crippen LogP) is 3.99. The van der Waals surface area contributed by atoms with Crippen LogP contribution in [-0.2, 0) is 6.54 Å². The highest BCUT2D eigenvalue weighted by Gasteiger charge is 2.01. The van der Waals surface area contributed by atoms with E-state index in [9.17, 15) is 0 Å². The molecule has 0 aliphatic carbocycles. The SMILES string of the molecule is Cc1sc(CNCCOc2ccccc2)cc1Br. The fourth-order valence-electron chi connectivity index (χ4n) is 1.57. The summed E-state index contributed by atoms with van der Waals surface area (Å²) in [6.45, 7) is 4.56. The fourth-order valence-corrected chi connectivity index (χ4v) is 3.15. The summed E-state index contributed by atoms with van der Waals surface area (Å²) in [6.07, 6.45) is 0. The summed E-state index contributed by atoms with van der Waals surface area (Å²) in [5, 5.41) is 3.38. The Labute approximate surface area is 120 Å². The quantitative estimate of drug-likeness (QED) is 0.811. The number of benzene rings is 1. The number of halogens is 1. The molecule has 0 atom stereocenters. The number of nitrogens with one attached hydrogen (secondary N) is 1. The van der Waals surface area contributed by atoms with Crippen LogP contribution in [0.3, 0.4) is 0 Å². The summed E-state index contributed by atoms with van der Waals surface area (Å²) in [6, 6.07) is 12.1. The van der Waals surface area contributed by atoms with Crippen molar-refractivity contribution >= 4 is 27.3 Å². The summed E-state index contributed by atoms with van der Waals surface area (Å²) in [5.41, 5.74) is 0. The lowest BCUT2D eigenvalue weighted by Gasteiger charge is -2.06. The smallest absolute Gasteiger partial charge is 0.119 e. The molecule has 0 amide bonds. The van der Waals surface area contributed by atoms with Crippen LogP contribution in [0.4, 0.5) is 0 Å². The van der Waals surface area contributed by atoms with Gasteiger partial charge in [-0.3, -0.25) is 0 Å². The molecule has 96 valence electrons. The van der Waals surface area contributed by atoms with Gasteiger partial charge < -0.3 is 10.1 Å². The van der Waals surface area contributed by atoms with E-state index in [-0.39, 0.29) is 0 Å². The maximum atomic E-state index is 5.60. The highest BCUT2D eigenvalue weighted by molar-refractivity contribution is 9.10. The van der Waals surface area contributed by atoms with Crippen molar-refractivity contribution in [1.82, 2.24) is 5.32 Å². The van der Waals surface area contributed by atoms with Crippen LogP contribution in [-0.4, -0.2) is 13.2 Å². The van der Waals surface area contributed by atoms with Crippen molar-refractivity contribution in [1.29, 1.82) is 0 Å². The van der Waals surface area contributed by atoms with E-state index in [1.54, 1.807) is 0 Å². The van der Waals surface area contributed by atoms with Crippen LogP contribution in [0.15, 0.2) is 40.9 Å². The van der Waals surface area contributed by atoms with Crippen molar-refractivity contribution in [2.24, 2.45) is 0 Å². The van der Waals surface area contributed by atoms with Crippen LogP contribution in [0.5, 0.6) is 5.75 Å². The Balaban J connectivity index is 1.64. The molecule has 18 heavy (non-hydrogen) atoms. The van der Waals surface area contributed by atoms with Gasteiger partial charge in [0.1, 0.15) is 12.4 Å². The molecule has 0 fully saturated rings. The monoisotopic (exact) mass is 325 g/mol. The summed E-state index contributed by atoms with van der Waals surface area (Å²) < 4.78 is 6.80. The zero-order valence-electron chi connectivity index (χ0n) is 10.3. The second kappa shape index (κ2) is 6.92. The van der Waals surface area contributed by atoms with Gasteiger partial charge in [0, 0.05) is 27.3 Å². The fraction of sp³-hybridized carbons (Fsp3) is 0.286. The van der Waals surface area contributed by atoms with Crippen LogP contribution < -0.4 is 10.1 Å². The average molecular weight is 326 g/mol. The highest BCUT2D eigenvalue weighted by Crippen LogP contribution is 2.25. The Bertz CT molecular complexity index is 464. The zero-order valence-corrected chi connectivity index (χ0v) is 12.7. The number of ether oxygens (including phenoxy) is 1. The third-order valence-corrected chi connectivity index (χ3v) is 4.63. The Morgan fingerprint density at radius 1 is 1.28 bits per heavy atom. The third-order valence-electron chi connectivity index (χ3n) is 2.50.